The van der Waals surface area contributed by atoms with E-state index in [-0.39, 0.29) is 17.0 Å². The highest BCUT2D eigenvalue weighted by Gasteiger charge is 2.20. The zero-order valence-corrected chi connectivity index (χ0v) is 19.8. The number of nitrogens with zero attached hydrogens (tertiary/aromatic N) is 4. The normalized spacial score (nSPS) is 12.4. The number of rotatable bonds is 8. The first kappa shape index (κ1) is 24.0. The Bertz CT molecular complexity index is 1370. The van der Waals surface area contributed by atoms with Crippen LogP contribution in [0.4, 0.5) is 4.39 Å². The average Bonchev–Trinajstić information content (AvgIpc) is 2.84. The molecule has 4 aromatic rings. The van der Waals surface area contributed by atoms with Gasteiger partial charge in [-0.1, -0.05) is 49.7 Å². The summed E-state index contributed by atoms with van der Waals surface area (Å²) in [7, 11) is 0. The van der Waals surface area contributed by atoms with E-state index in [0.29, 0.717) is 17.0 Å². The zero-order chi connectivity index (χ0) is 24.2. The lowest BCUT2D eigenvalue weighted by atomic mass is 10.0. The largest absolute Gasteiger partial charge is 0.388 e. The van der Waals surface area contributed by atoms with Crippen LogP contribution in [0.1, 0.15) is 36.9 Å². The fraction of sp³-hybridized carbons (Fsp3) is 0.269. The summed E-state index contributed by atoms with van der Waals surface area (Å²) in [5, 5.41) is 11.4. The molecule has 34 heavy (non-hydrogen) atoms. The van der Waals surface area contributed by atoms with Crippen molar-refractivity contribution in [3.8, 4) is 5.69 Å². The third kappa shape index (κ3) is 5.01. The summed E-state index contributed by atoms with van der Waals surface area (Å²) in [6.45, 7) is 6.88. The fourth-order valence-electron chi connectivity index (χ4n) is 4.03. The van der Waals surface area contributed by atoms with Crippen molar-refractivity contribution in [3.05, 3.63) is 99.1 Å². The Kier molecular flexibility index (Phi) is 7.36. The molecule has 0 saturated carbocycles. The second kappa shape index (κ2) is 10.4. The van der Waals surface area contributed by atoms with Crippen molar-refractivity contribution in [3.63, 3.8) is 0 Å². The molecule has 0 amide bonds. The van der Waals surface area contributed by atoms with Gasteiger partial charge in [-0.15, -0.1) is 0 Å². The highest BCUT2D eigenvalue weighted by molar-refractivity contribution is 6.31. The van der Waals surface area contributed by atoms with Crippen molar-refractivity contribution in [2.75, 3.05) is 13.1 Å². The van der Waals surface area contributed by atoms with Gasteiger partial charge in [-0.3, -0.25) is 14.3 Å². The van der Waals surface area contributed by atoms with Gasteiger partial charge in [0.05, 0.1) is 22.7 Å². The van der Waals surface area contributed by atoms with Crippen LogP contribution in [0.15, 0.2) is 65.6 Å². The molecule has 1 N–H and O–H groups in total. The first-order valence-corrected chi connectivity index (χ1v) is 11.6. The first-order valence-electron chi connectivity index (χ1n) is 11.2. The maximum Gasteiger partial charge on any atom is 0.266 e. The number of aromatic nitrogens is 3. The van der Waals surface area contributed by atoms with E-state index >= 15 is 0 Å². The van der Waals surface area contributed by atoms with Gasteiger partial charge in [0, 0.05) is 19.2 Å². The molecule has 2 heterocycles. The maximum atomic E-state index is 13.9. The molecule has 2 aromatic heterocycles. The second-order valence-corrected chi connectivity index (χ2v) is 8.43. The van der Waals surface area contributed by atoms with E-state index in [2.05, 4.69) is 28.7 Å². The average molecular weight is 481 g/mol. The predicted molar refractivity (Wildman–Crippen MR) is 132 cm³/mol. The number of aliphatic hydroxyl groups excluding tert-OH is 1. The van der Waals surface area contributed by atoms with Crippen LogP contribution in [0.2, 0.25) is 5.15 Å². The molecule has 2 aromatic carbocycles. The smallest absolute Gasteiger partial charge is 0.266 e. The molecule has 1 atom stereocenters. The molecule has 176 valence electrons. The number of aliphatic hydroxyl groups is 1. The molecule has 0 radical (unpaired) electrons. The molecule has 8 heteroatoms. The molecule has 0 saturated heterocycles. The van der Waals surface area contributed by atoms with Crippen molar-refractivity contribution in [1.82, 2.24) is 19.4 Å². The lowest BCUT2D eigenvalue weighted by molar-refractivity contribution is 0.174. The Labute approximate surface area is 202 Å². The van der Waals surface area contributed by atoms with Crippen LogP contribution in [0, 0.1) is 5.82 Å². The molecule has 0 bridgehead atoms. The van der Waals surface area contributed by atoms with Crippen molar-refractivity contribution in [2.24, 2.45) is 0 Å². The summed E-state index contributed by atoms with van der Waals surface area (Å²) in [6.07, 6.45) is 0.659. The Morgan fingerprint density at radius 1 is 1.12 bits per heavy atom. The van der Waals surface area contributed by atoms with Crippen LogP contribution in [-0.4, -0.2) is 37.6 Å². The molecule has 1 unspecified atom stereocenters. The Balaban J connectivity index is 1.77. The summed E-state index contributed by atoms with van der Waals surface area (Å²) in [5.74, 6) is -0.228. The second-order valence-electron chi connectivity index (χ2n) is 8.07. The molecule has 0 fully saturated rings. The molecule has 0 aliphatic carbocycles. The van der Waals surface area contributed by atoms with Gasteiger partial charge < -0.3 is 5.11 Å². The Morgan fingerprint density at radius 3 is 2.65 bits per heavy atom. The van der Waals surface area contributed by atoms with Gasteiger partial charge >= 0.3 is 0 Å². The minimum absolute atomic E-state index is 0.0580. The van der Waals surface area contributed by atoms with Gasteiger partial charge in [0.15, 0.2) is 5.15 Å². The lowest BCUT2D eigenvalue weighted by Gasteiger charge is -2.20. The maximum absolute atomic E-state index is 13.9. The number of hydrogen-bond donors (Lipinski definition) is 1. The highest BCUT2D eigenvalue weighted by Crippen LogP contribution is 2.24. The lowest BCUT2D eigenvalue weighted by Crippen LogP contribution is -2.26. The van der Waals surface area contributed by atoms with Crippen LogP contribution in [0.5, 0.6) is 0 Å². The first-order chi connectivity index (χ1) is 16.4. The van der Waals surface area contributed by atoms with E-state index in [9.17, 15) is 14.3 Å². The van der Waals surface area contributed by atoms with Gasteiger partial charge in [-0.05, 0) is 54.5 Å². The summed E-state index contributed by atoms with van der Waals surface area (Å²) in [4.78, 5) is 24.3. The number of hydrogen-bond acceptors (Lipinski definition) is 5. The molecule has 4 rings (SSSR count). The van der Waals surface area contributed by atoms with Crippen LogP contribution >= 0.6 is 11.6 Å². The van der Waals surface area contributed by atoms with Crippen molar-refractivity contribution in [2.45, 2.75) is 32.9 Å². The Hall–Kier alpha value is -3.13. The van der Waals surface area contributed by atoms with Crippen LogP contribution in [-0.2, 0) is 13.0 Å². The molecule has 0 aliphatic heterocycles. The van der Waals surface area contributed by atoms with E-state index in [4.69, 9.17) is 11.6 Å². The van der Waals surface area contributed by atoms with Gasteiger partial charge in [0.2, 0.25) is 0 Å². The number of halogens is 2. The molecule has 0 spiro atoms. The third-order valence-electron chi connectivity index (χ3n) is 5.89. The van der Waals surface area contributed by atoms with E-state index in [1.165, 1.54) is 22.9 Å². The zero-order valence-electron chi connectivity index (χ0n) is 19.1. The summed E-state index contributed by atoms with van der Waals surface area (Å²) in [6, 6.07) is 14.9. The van der Waals surface area contributed by atoms with Crippen molar-refractivity contribution >= 4 is 22.5 Å². The van der Waals surface area contributed by atoms with Crippen molar-refractivity contribution < 1.29 is 9.50 Å². The van der Waals surface area contributed by atoms with Gasteiger partial charge in [0.25, 0.3) is 5.56 Å². The fourth-order valence-corrected chi connectivity index (χ4v) is 4.23. The number of fused-ring (bicyclic) bond motifs is 1. The molecule has 0 aliphatic rings. The minimum atomic E-state index is -0.914. The quantitative estimate of drug-likeness (QED) is 0.370. The van der Waals surface area contributed by atoms with Crippen LogP contribution in [0.25, 0.3) is 16.6 Å². The highest BCUT2D eigenvalue weighted by atomic mass is 35.5. The van der Waals surface area contributed by atoms with E-state index in [1.54, 1.807) is 12.1 Å². The minimum Gasteiger partial charge on any atom is -0.388 e. The number of benzene rings is 2. The SMILES string of the molecule is CCN(CC)Cc1cccc(C(O)Cc2nc3ccc(F)cc3c(=O)n2-c2cccnc2Cl)c1. The predicted octanol–water partition coefficient (Wildman–Crippen LogP) is 4.69. The standard InChI is InChI=1S/C26H26ClFN4O2/c1-3-31(4-2)16-17-7-5-8-18(13-17)23(33)15-24-30-21-11-10-19(28)14-20(21)26(34)32(24)22-9-6-12-29-25(22)27/h5-14,23,33H,3-4,15-16H2,1-2H3. The molecule has 6 nitrogen and oxygen atoms in total. The summed E-state index contributed by atoms with van der Waals surface area (Å²) in [5.41, 5.74) is 2.01. The third-order valence-corrected chi connectivity index (χ3v) is 6.18. The van der Waals surface area contributed by atoms with Crippen LogP contribution < -0.4 is 5.56 Å². The van der Waals surface area contributed by atoms with Gasteiger partial charge in [-0.25, -0.2) is 14.4 Å². The van der Waals surface area contributed by atoms with Gasteiger partial charge in [0.1, 0.15) is 11.6 Å². The Morgan fingerprint density at radius 2 is 1.91 bits per heavy atom. The summed E-state index contributed by atoms with van der Waals surface area (Å²) < 4.78 is 15.2. The van der Waals surface area contributed by atoms with Crippen molar-refractivity contribution in [1.29, 1.82) is 0 Å². The number of pyridine rings is 1. The molecular weight excluding hydrogens is 455 g/mol. The van der Waals surface area contributed by atoms with Gasteiger partial charge in [-0.2, -0.15) is 0 Å². The summed E-state index contributed by atoms with van der Waals surface area (Å²) >= 11 is 6.30. The topological polar surface area (TPSA) is 71.2 Å². The van der Waals surface area contributed by atoms with E-state index in [0.717, 1.165) is 36.8 Å². The molecular formula is C26H26ClFN4O2. The van der Waals surface area contributed by atoms with E-state index < -0.39 is 17.5 Å². The monoisotopic (exact) mass is 480 g/mol. The van der Waals surface area contributed by atoms with E-state index in [1.807, 2.05) is 24.3 Å². The van der Waals surface area contributed by atoms with Crippen LogP contribution in [0.3, 0.4) is 0 Å².